The van der Waals surface area contributed by atoms with Crippen molar-refractivity contribution in [2.24, 2.45) is 5.73 Å². The maximum Gasteiger partial charge on any atom is 0.407 e. The fourth-order valence-electron chi connectivity index (χ4n) is 2.67. The summed E-state index contributed by atoms with van der Waals surface area (Å²) in [6.45, 7) is 3.79. The summed E-state index contributed by atoms with van der Waals surface area (Å²) in [6, 6.07) is 2.55. The molecule has 1 amide bonds. The highest BCUT2D eigenvalue weighted by Crippen LogP contribution is 2.28. The number of carbonyl (C=O) groups excluding carboxylic acids is 1. The van der Waals surface area contributed by atoms with Gasteiger partial charge in [0.15, 0.2) is 0 Å². The Bertz CT molecular complexity index is 408. The van der Waals surface area contributed by atoms with E-state index in [1.807, 2.05) is 6.92 Å². The van der Waals surface area contributed by atoms with E-state index in [1.54, 1.807) is 11.3 Å². The normalized spacial score (nSPS) is 23.0. The van der Waals surface area contributed by atoms with E-state index in [4.69, 9.17) is 5.73 Å². The van der Waals surface area contributed by atoms with Crippen molar-refractivity contribution in [1.82, 2.24) is 10.2 Å². The van der Waals surface area contributed by atoms with E-state index in [0.29, 0.717) is 0 Å². The van der Waals surface area contributed by atoms with Gasteiger partial charge in [0.05, 0.1) is 13.2 Å². The Morgan fingerprint density at radius 2 is 2.47 bits per heavy atom. The second kappa shape index (κ2) is 6.36. The molecule has 3 unspecified atom stereocenters. The predicted molar refractivity (Wildman–Crippen MR) is 76.2 cm³/mol. The van der Waals surface area contributed by atoms with Crippen LogP contribution in [0.15, 0.2) is 16.8 Å². The summed E-state index contributed by atoms with van der Waals surface area (Å²) in [5, 5.41) is 7.08. The Kier molecular flexibility index (Phi) is 4.79. The molecule has 0 aromatic carbocycles. The third-order valence-corrected chi connectivity index (χ3v) is 4.20. The molecule has 0 aliphatic carbocycles. The zero-order valence-corrected chi connectivity index (χ0v) is 12.2. The van der Waals surface area contributed by atoms with Gasteiger partial charge in [-0.05, 0) is 35.7 Å². The van der Waals surface area contributed by atoms with E-state index in [-0.39, 0.29) is 24.2 Å². The van der Waals surface area contributed by atoms with Crippen molar-refractivity contribution in [3.8, 4) is 0 Å². The molecule has 19 heavy (non-hydrogen) atoms. The van der Waals surface area contributed by atoms with E-state index in [0.717, 1.165) is 19.5 Å². The predicted octanol–water partition coefficient (Wildman–Crippen LogP) is 1.57. The van der Waals surface area contributed by atoms with Gasteiger partial charge >= 0.3 is 6.09 Å². The lowest BCUT2D eigenvalue weighted by Crippen LogP contribution is -2.41. The Balaban J connectivity index is 1.99. The number of thiophene rings is 1. The molecule has 0 spiro atoms. The zero-order valence-electron chi connectivity index (χ0n) is 11.3. The largest absolute Gasteiger partial charge is 0.453 e. The molecule has 3 atom stereocenters. The van der Waals surface area contributed by atoms with Crippen LogP contribution in [0.5, 0.6) is 0 Å². The van der Waals surface area contributed by atoms with Crippen LogP contribution in [-0.2, 0) is 4.74 Å². The maximum atomic E-state index is 11.2. The number of nitrogens with one attached hydrogen (secondary N) is 1. The summed E-state index contributed by atoms with van der Waals surface area (Å²) < 4.78 is 4.64. The fraction of sp³-hybridized carbons (Fsp3) is 0.615. The van der Waals surface area contributed by atoms with Gasteiger partial charge in [-0.3, -0.25) is 4.90 Å². The molecule has 5 nitrogen and oxygen atoms in total. The van der Waals surface area contributed by atoms with Crippen molar-refractivity contribution in [2.45, 2.75) is 31.5 Å². The second-order valence-corrected chi connectivity index (χ2v) is 5.76. The van der Waals surface area contributed by atoms with Gasteiger partial charge < -0.3 is 15.8 Å². The number of methoxy groups -OCH3 is 1. The number of carbonyl (C=O) groups is 1. The molecule has 0 bridgehead atoms. The molecule has 3 N–H and O–H groups in total. The quantitative estimate of drug-likeness (QED) is 0.880. The SMILES string of the molecule is COC(=O)NC1CCN(C(c2ccsc2)C(C)N)C1. The van der Waals surface area contributed by atoms with Crippen LogP contribution < -0.4 is 11.1 Å². The van der Waals surface area contributed by atoms with Gasteiger partial charge in [-0.25, -0.2) is 4.79 Å². The number of amides is 1. The minimum Gasteiger partial charge on any atom is -0.453 e. The first kappa shape index (κ1) is 14.3. The molecule has 2 rings (SSSR count). The summed E-state index contributed by atoms with van der Waals surface area (Å²) in [4.78, 5) is 13.6. The molecule has 1 aliphatic rings. The first-order valence-corrected chi connectivity index (χ1v) is 7.42. The number of nitrogens with two attached hydrogens (primary N) is 1. The average Bonchev–Trinajstić information content (AvgIpc) is 3.01. The van der Waals surface area contributed by atoms with Crippen LogP contribution in [0.4, 0.5) is 4.79 Å². The van der Waals surface area contributed by atoms with Gasteiger partial charge in [0, 0.05) is 25.2 Å². The van der Waals surface area contributed by atoms with E-state index in [9.17, 15) is 4.79 Å². The molecular formula is C13H21N3O2S. The van der Waals surface area contributed by atoms with E-state index in [2.05, 4.69) is 31.8 Å². The van der Waals surface area contributed by atoms with E-state index < -0.39 is 0 Å². The third kappa shape index (κ3) is 3.46. The standard InChI is InChI=1S/C13H21N3O2S/c1-9(14)12(10-4-6-19-8-10)16-5-3-11(7-16)15-13(17)18-2/h4,6,8-9,11-12H,3,5,7,14H2,1-2H3,(H,15,17). The molecule has 1 aromatic heterocycles. The Labute approximate surface area is 117 Å². The molecule has 1 fully saturated rings. The lowest BCUT2D eigenvalue weighted by Gasteiger charge is -2.30. The fourth-order valence-corrected chi connectivity index (χ4v) is 3.36. The number of rotatable bonds is 4. The van der Waals surface area contributed by atoms with Crippen molar-refractivity contribution < 1.29 is 9.53 Å². The van der Waals surface area contributed by atoms with Crippen molar-refractivity contribution in [3.63, 3.8) is 0 Å². The summed E-state index contributed by atoms with van der Waals surface area (Å²) in [5.74, 6) is 0. The van der Waals surface area contributed by atoms with Gasteiger partial charge in [0.25, 0.3) is 0 Å². The van der Waals surface area contributed by atoms with Crippen LogP contribution in [0.2, 0.25) is 0 Å². The molecule has 0 radical (unpaired) electrons. The second-order valence-electron chi connectivity index (χ2n) is 4.98. The Hall–Kier alpha value is -1.11. The van der Waals surface area contributed by atoms with Crippen LogP contribution in [0.3, 0.4) is 0 Å². The van der Waals surface area contributed by atoms with Gasteiger partial charge in [0.2, 0.25) is 0 Å². The zero-order chi connectivity index (χ0) is 13.8. The highest BCUT2D eigenvalue weighted by molar-refractivity contribution is 7.07. The topological polar surface area (TPSA) is 67.6 Å². The highest BCUT2D eigenvalue weighted by atomic mass is 32.1. The molecular weight excluding hydrogens is 262 g/mol. The molecule has 1 saturated heterocycles. The van der Waals surface area contributed by atoms with Crippen LogP contribution in [-0.4, -0.2) is 43.3 Å². The van der Waals surface area contributed by atoms with Gasteiger partial charge in [-0.15, -0.1) is 0 Å². The summed E-state index contributed by atoms with van der Waals surface area (Å²) >= 11 is 1.69. The monoisotopic (exact) mass is 283 g/mol. The Morgan fingerprint density at radius 1 is 1.68 bits per heavy atom. The third-order valence-electron chi connectivity index (χ3n) is 3.50. The van der Waals surface area contributed by atoms with Crippen molar-refractivity contribution >= 4 is 17.4 Å². The van der Waals surface area contributed by atoms with E-state index in [1.165, 1.54) is 12.7 Å². The van der Waals surface area contributed by atoms with Crippen LogP contribution in [0, 0.1) is 0 Å². The first-order valence-electron chi connectivity index (χ1n) is 6.48. The maximum absolute atomic E-state index is 11.2. The number of likely N-dealkylation sites (tertiary alicyclic amines) is 1. The van der Waals surface area contributed by atoms with Crippen molar-refractivity contribution in [1.29, 1.82) is 0 Å². The highest BCUT2D eigenvalue weighted by Gasteiger charge is 2.32. The molecule has 6 heteroatoms. The number of ether oxygens (including phenoxy) is 1. The Morgan fingerprint density at radius 3 is 3.05 bits per heavy atom. The minimum absolute atomic E-state index is 0.0616. The lowest BCUT2D eigenvalue weighted by molar-refractivity contribution is 0.164. The number of alkyl carbamates (subject to hydrolysis) is 1. The van der Waals surface area contributed by atoms with Crippen LogP contribution in [0.1, 0.15) is 24.9 Å². The average molecular weight is 283 g/mol. The molecule has 106 valence electrons. The number of hydrogen-bond donors (Lipinski definition) is 2. The molecule has 2 heterocycles. The first-order chi connectivity index (χ1) is 9.11. The summed E-state index contributed by atoms with van der Waals surface area (Å²) in [5.41, 5.74) is 7.39. The lowest BCUT2D eigenvalue weighted by atomic mass is 10.0. The van der Waals surface area contributed by atoms with E-state index >= 15 is 0 Å². The summed E-state index contributed by atoms with van der Waals surface area (Å²) in [7, 11) is 1.39. The van der Waals surface area contributed by atoms with Gasteiger partial charge in [0.1, 0.15) is 0 Å². The molecule has 0 saturated carbocycles. The number of hydrogen-bond acceptors (Lipinski definition) is 5. The minimum atomic E-state index is -0.361. The van der Waals surface area contributed by atoms with Crippen molar-refractivity contribution in [3.05, 3.63) is 22.4 Å². The van der Waals surface area contributed by atoms with Gasteiger partial charge in [-0.1, -0.05) is 0 Å². The van der Waals surface area contributed by atoms with Gasteiger partial charge in [-0.2, -0.15) is 11.3 Å². The summed E-state index contributed by atoms with van der Waals surface area (Å²) in [6.07, 6.45) is 0.572. The molecule has 1 aliphatic heterocycles. The smallest absolute Gasteiger partial charge is 0.407 e. The number of nitrogens with zero attached hydrogens (tertiary/aromatic N) is 1. The molecule has 1 aromatic rings. The van der Waals surface area contributed by atoms with Crippen LogP contribution in [0.25, 0.3) is 0 Å². The van der Waals surface area contributed by atoms with Crippen LogP contribution >= 0.6 is 11.3 Å². The van der Waals surface area contributed by atoms with Crippen molar-refractivity contribution in [2.75, 3.05) is 20.2 Å².